The van der Waals surface area contributed by atoms with Crippen molar-refractivity contribution < 1.29 is 29.9 Å². The van der Waals surface area contributed by atoms with Gasteiger partial charge in [-0.05, 0) is 34.7 Å². The lowest BCUT2D eigenvalue weighted by Gasteiger charge is -2.46. The minimum Gasteiger partial charge on any atom is -0.394 e. The number of hydrogen-bond acceptors (Lipinski definition) is 6. The Morgan fingerprint density at radius 2 is 1.75 bits per heavy atom. The van der Waals surface area contributed by atoms with Crippen molar-refractivity contribution in [3.05, 3.63) is 76.9 Å². The fourth-order valence-corrected chi connectivity index (χ4v) is 3.94. The predicted octanol–water partition coefficient (Wildman–Crippen LogP) is 1.08. The number of ether oxygens (including phenoxy) is 2. The van der Waals surface area contributed by atoms with E-state index in [1.165, 1.54) is 0 Å². The molecule has 0 unspecified atom stereocenters. The molecule has 2 aliphatic heterocycles. The lowest BCUT2D eigenvalue weighted by atomic mass is 9.86. The van der Waals surface area contributed by atoms with Crippen LogP contribution >= 0.6 is 0 Å². The molecule has 0 saturated carbocycles. The standard InChI is InChI=1S/C22H24O6/c1-2-13-3-5-14(6-4-13)9-15-7-8-16-12-27-22(17(16)10-15)21(26)20(25)19(24)18(11-23)28-22/h2-8,10,18-21,23-26H,1,9,11-12H2/t18-,19-,20+,21-,22+/m1/s1. The van der Waals surface area contributed by atoms with E-state index in [9.17, 15) is 20.4 Å². The van der Waals surface area contributed by atoms with Crippen LogP contribution in [0.4, 0.5) is 0 Å². The number of aliphatic hydroxyl groups is 4. The highest BCUT2D eigenvalue weighted by Crippen LogP contribution is 2.46. The second kappa shape index (κ2) is 7.40. The fraction of sp³-hybridized carbons (Fsp3) is 0.364. The van der Waals surface area contributed by atoms with Crippen LogP contribution in [-0.2, 0) is 28.3 Å². The maximum atomic E-state index is 10.6. The molecular formula is C22H24O6. The van der Waals surface area contributed by atoms with E-state index in [1.807, 2.05) is 42.5 Å². The molecule has 0 radical (unpaired) electrons. The van der Waals surface area contributed by atoms with Gasteiger partial charge in [-0.2, -0.15) is 0 Å². The quantitative estimate of drug-likeness (QED) is 0.630. The van der Waals surface area contributed by atoms with Crippen LogP contribution in [0, 0.1) is 0 Å². The number of rotatable bonds is 4. The van der Waals surface area contributed by atoms with Crippen LogP contribution in [0.1, 0.15) is 27.8 Å². The molecule has 4 rings (SSSR count). The summed E-state index contributed by atoms with van der Waals surface area (Å²) in [5.41, 5.74) is 4.61. The minimum atomic E-state index is -1.61. The third kappa shape index (κ3) is 3.08. The molecule has 6 nitrogen and oxygen atoms in total. The van der Waals surface area contributed by atoms with Crippen molar-refractivity contribution in [1.82, 2.24) is 0 Å². The molecule has 148 valence electrons. The molecule has 5 atom stereocenters. The Morgan fingerprint density at radius 1 is 1.04 bits per heavy atom. The normalized spacial score (nSPS) is 31.7. The summed E-state index contributed by atoms with van der Waals surface area (Å²) < 4.78 is 11.6. The number of aliphatic hydroxyl groups excluding tert-OH is 4. The van der Waals surface area contributed by atoms with Crippen LogP contribution in [-0.4, -0.2) is 51.4 Å². The lowest BCUT2D eigenvalue weighted by Crippen LogP contribution is -2.63. The van der Waals surface area contributed by atoms with Gasteiger partial charge in [0.05, 0.1) is 13.2 Å². The van der Waals surface area contributed by atoms with Crippen molar-refractivity contribution in [2.75, 3.05) is 6.61 Å². The maximum absolute atomic E-state index is 10.6. The van der Waals surface area contributed by atoms with Crippen molar-refractivity contribution in [3.8, 4) is 0 Å². The highest BCUT2D eigenvalue weighted by molar-refractivity contribution is 5.48. The van der Waals surface area contributed by atoms with Crippen LogP contribution in [0.5, 0.6) is 0 Å². The van der Waals surface area contributed by atoms with Crippen molar-refractivity contribution in [2.24, 2.45) is 0 Å². The third-order valence-corrected chi connectivity index (χ3v) is 5.57. The van der Waals surface area contributed by atoms with Gasteiger partial charge in [0.2, 0.25) is 5.79 Å². The number of benzene rings is 2. The van der Waals surface area contributed by atoms with Gasteiger partial charge in [-0.3, -0.25) is 0 Å². The summed E-state index contributed by atoms with van der Waals surface area (Å²) in [6, 6.07) is 13.9. The fourth-order valence-electron chi connectivity index (χ4n) is 3.94. The Bertz CT molecular complexity index is 862. The highest BCUT2D eigenvalue weighted by atomic mass is 16.7. The Labute approximate surface area is 163 Å². The van der Waals surface area contributed by atoms with Crippen molar-refractivity contribution in [3.63, 3.8) is 0 Å². The van der Waals surface area contributed by atoms with Gasteiger partial charge in [-0.15, -0.1) is 0 Å². The smallest absolute Gasteiger partial charge is 0.225 e. The average Bonchev–Trinajstić information content (AvgIpc) is 3.08. The molecule has 1 spiro atoms. The SMILES string of the molecule is C=Cc1ccc(Cc2ccc3c(c2)[C@]2(OC3)O[C@H](CO)[C@@H](O)[C@H](O)[C@H]2O)cc1. The summed E-state index contributed by atoms with van der Waals surface area (Å²) in [6.45, 7) is 3.47. The van der Waals surface area contributed by atoms with Gasteiger partial charge in [0, 0.05) is 5.56 Å². The second-order valence-corrected chi connectivity index (χ2v) is 7.34. The summed E-state index contributed by atoms with van der Waals surface area (Å²) in [5.74, 6) is -1.61. The van der Waals surface area contributed by atoms with Crippen LogP contribution < -0.4 is 0 Å². The van der Waals surface area contributed by atoms with Gasteiger partial charge in [0.1, 0.15) is 24.4 Å². The molecule has 2 aromatic carbocycles. The summed E-state index contributed by atoms with van der Waals surface area (Å²) in [7, 11) is 0. The summed E-state index contributed by atoms with van der Waals surface area (Å²) in [5, 5.41) is 40.5. The molecule has 0 amide bonds. The zero-order valence-electron chi connectivity index (χ0n) is 15.4. The van der Waals surface area contributed by atoms with Gasteiger partial charge in [0.15, 0.2) is 0 Å². The molecule has 2 heterocycles. The van der Waals surface area contributed by atoms with E-state index < -0.39 is 36.8 Å². The van der Waals surface area contributed by atoms with Gasteiger partial charge in [0.25, 0.3) is 0 Å². The summed E-state index contributed by atoms with van der Waals surface area (Å²) >= 11 is 0. The van der Waals surface area contributed by atoms with Crippen molar-refractivity contribution in [2.45, 2.75) is 43.2 Å². The van der Waals surface area contributed by atoms with E-state index in [0.717, 1.165) is 22.3 Å². The summed E-state index contributed by atoms with van der Waals surface area (Å²) in [4.78, 5) is 0. The largest absolute Gasteiger partial charge is 0.394 e. The molecule has 2 aromatic rings. The molecule has 4 N–H and O–H groups in total. The first-order chi connectivity index (χ1) is 13.5. The van der Waals surface area contributed by atoms with E-state index in [4.69, 9.17) is 9.47 Å². The molecule has 1 fully saturated rings. The average molecular weight is 384 g/mol. The van der Waals surface area contributed by atoms with Crippen molar-refractivity contribution in [1.29, 1.82) is 0 Å². The van der Waals surface area contributed by atoms with Gasteiger partial charge < -0.3 is 29.9 Å². The van der Waals surface area contributed by atoms with E-state index in [2.05, 4.69) is 6.58 Å². The van der Waals surface area contributed by atoms with Crippen molar-refractivity contribution >= 4 is 6.08 Å². The van der Waals surface area contributed by atoms with Crippen LogP contribution in [0.2, 0.25) is 0 Å². The Balaban J connectivity index is 1.67. The topological polar surface area (TPSA) is 99.4 Å². The van der Waals surface area contributed by atoms with E-state index in [0.29, 0.717) is 12.0 Å². The van der Waals surface area contributed by atoms with Crippen LogP contribution in [0.15, 0.2) is 49.0 Å². The van der Waals surface area contributed by atoms with E-state index in [1.54, 1.807) is 6.08 Å². The molecule has 0 aliphatic carbocycles. The maximum Gasteiger partial charge on any atom is 0.225 e. The minimum absolute atomic E-state index is 0.210. The molecule has 2 aliphatic rings. The Morgan fingerprint density at radius 3 is 2.43 bits per heavy atom. The van der Waals surface area contributed by atoms with Gasteiger partial charge in [-0.1, -0.05) is 49.1 Å². The Kier molecular flexibility index (Phi) is 5.09. The zero-order chi connectivity index (χ0) is 19.9. The zero-order valence-corrected chi connectivity index (χ0v) is 15.4. The summed E-state index contributed by atoms with van der Waals surface area (Å²) in [6.07, 6.45) is -2.96. The first kappa shape index (κ1) is 19.3. The second-order valence-electron chi connectivity index (χ2n) is 7.34. The molecule has 28 heavy (non-hydrogen) atoms. The van der Waals surface area contributed by atoms with Crippen LogP contribution in [0.25, 0.3) is 6.08 Å². The molecule has 1 saturated heterocycles. The highest BCUT2D eigenvalue weighted by Gasteiger charge is 2.58. The lowest BCUT2D eigenvalue weighted by molar-refractivity contribution is -0.368. The third-order valence-electron chi connectivity index (χ3n) is 5.57. The number of fused-ring (bicyclic) bond motifs is 2. The van der Waals surface area contributed by atoms with Gasteiger partial charge in [-0.25, -0.2) is 0 Å². The van der Waals surface area contributed by atoms with E-state index in [-0.39, 0.29) is 6.61 Å². The molecule has 6 heteroatoms. The predicted molar refractivity (Wildman–Crippen MR) is 102 cm³/mol. The monoisotopic (exact) mass is 384 g/mol. The molecular weight excluding hydrogens is 360 g/mol. The molecule has 0 bridgehead atoms. The van der Waals surface area contributed by atoms with E-state index >= 15 is 0 Å². The van der Waals surface area contributed by atoms with Crippen LogP contribution in [0.3, 0.4) is 0 Å². The first-order valence-electron chi connectivity index (χ1n) is 9.29. The first-order valence-corrected chi connectivity index (χ1v) is 9.29. The Hall–Kier alpha value is -2.06. The number of hydrogen-bond donors (Lipinski definition) is 4. The molecule has 0 aromatic heterocycles. The van der Waals surface area contributed by atoms with Gasteiger partial charge >= 0.3 is 0 Å².